The highest BCUT2D eigenvalue weighted by atomic mass is 31.2. The Labute approximate surface area is 241 Å². The van der Waals surface area contributed by atoms with Crippen molar-refractivity contribution in [1.29, 1.82) is 0 Å². The number of ether oxygens (including phenoxy) is 2. The van der Waals surface area contributed by atoms with Crippen LogP contribution in [-0.4, -0.2) is 31.9 Å². The van der Waals surface area contributed by atoms with E-state index in [0.717, 1.165) is 31.8 Å². The van der Waals surface area contributed by atoms with E-state index in [2.05, 4.69) is 91.0 Å². The molecule has 0 aromatic heterocycles. The second-order valence-corrected chi connectivity index (χ2v) is 13.6. The molecule has 0 aliphatic heterocycles. The van der Waals surface area contributed by atoms with E-state index in [0.29, 0.717) is 6.42 Å². The monoisotopic (exact) mass is 559 g/mol. The molecular weight excluding hydrogens is 515 g/mol. The van der Waals surface area contributed by atoms with Gasteiger partial charge in [-0.2, -0.15) is 0 Å². The summed E-state index contributed by atoms with van der Waals surface area (Å²) in [5, 5.41) is 4.33. The molecule has 0 saturated carbocycles. The van der Waals surface area contributed by atoms with Crippen molar-refractivity contribution >= 4 is 34.7 Å². The van der Waals surface area contributed by atoms with Gasteiger partial charge in [-0.15, -0.1) is 0 Å². The fourth-order valence-corrected chi connectivity index (χ4v) is 9.75. The summed E-state index contributed by atoms with van der Waals surface area (Å²) >= 11 is 0. The number of hydrogen-bond acceptors (Lipinski definition) is 4. The average molecular weight is 560 g/mol. The van der Waals surface area contributed by atoms with E-state index in [4.69, 9.17) is 9.47 Å². The third-order valence-electron chi connectivity index (χ3n) is 7.43. The molecule has 0 fully saturated rings. The maximum atomic E-state index is 12.6. The van der Waals surface area contributed by atoms with Gasteiger partial charge in [0.25, 0.3) is 0 Å². The molecular formula is C35H44O4P+. The molecule has 0 aliphatic carbocycles. The highest BCUT2D eigenvalue weighted by Crippen LogP contribution is 2.56. The van der Waals surface area contributed by atoms with Crippen LogP contribution in [0.3, 0.4) is 0 Å². The van der Waals surface area contributed by atoms with E-state index >= 15 is 0 Å². The number of allylic oxidation sites excluding steroid dienone is 2. The third kappa shape index (κ3) is 8.15. The first-order chi connectivity index (χ1) is 19.6. The Kier molecular flexibility index (Phi) is 13.1. The topological polar surface area (TPSA) is 52.6 Å². The van der Waals surface area contributed by atoms with Crippen molar-refractivity contribution in [1.82, 2.24) is 0 Å². The summed E-state index contributed by atoms with van der Waals surface area (Å²) in [4.78, 5) is 24.6. The number of ketones is 2. The maximum absolute atomic E-state index is 12.6. The summed E-state index contributed by atoms with van der Waals surface area (Å²) in [5.41, 5.74) is 0. The van der Waals surface area contributed by atoms with E-state index in [9.17, 15) is 9.59 Å². The van der Waals surface area contributed by atoms with Crippen LogP contribution >= 0.6 is 7.26 Å². The maximum Gasteiger partial charge on any atom is 0.208 e. The minimum Gasteiger partial charge on any atom is -0.490 e. The predicted molar refractivity (Wildman–Crippen MR) is 168 cm³/mol. The number of carbonyl (C=O) groups excluding carboxylic acids is 2. The number of carbonyl (C=O) groups is 2. The molecule has 3 rings (SSSR count). The zero-order valence-corrected chi connectivity index (χ0v) is 25.2. The molecule has 0 radical (unpaired) electrons. The number of hydrogen-bond donors (Lipinski definition) is 0. The van der Waals surface area contributed by atoms with Crippen LogP contribution < -0.4 is 15.9 Å². The van der Waals surface area contributed by atoms with Gasteiger partial charge in [-0.1, -0.05) is 87.2 Å². The summed E-state index contributed by atoms with van der Waals surface area (Å²) in [5.74, 6) is -0.290. The lowest BCUT2D eigenvalue weighted by Crippen LogP contribution is -2.33. The van der Waals surface area contributed by atoms with Crippen LogP contribution in [0, 0.1) is 0 Å². The van der Waals surface area contributed by atoms with Gasteiger partial charge >= 0.3 is 0 Å². The standard InChI is InChI=1S/C35H44O4P/c1-4-32(36)34(38-2)35(39-3)33(37)27-19-8-6-5-7-9-20-28-40(29-21-13-10-14-22-29,30-23-15-11-16-24-30)31-25-17-12-18-26-31/h10-18,21-26H,4-9,19-20,27-28H2,1-3H3/q+1. The van der Waals surface area contributed by atoms with Gasteiger partial charge in [0, 0.05) is 12.8 Å². The number of methoxy groups -OCH3 is 2. The van der Waals surface area contributed by atoms with Gasteiger partial charge in [-0.05, 0) is 55.7 Å². The smallest absolute Gasteiger partial charge is 0.208 e. The summed E-state index contributed by atoms with van der Waals surface area (Å²) in [7, 11) is 1.07. The zero-order valence-electron chi connectivity index (χ0n) is 24.3. The predicted octanol–water partition coefficient (Wildman–Crippen LogP) is 7.15. The van der Waals surface area contributed by atoms with Crippen molar-refractivity contribution in [2.45, 2.75) is 64.7 Å². The Bertz CT molecular complexity index is 1110. The first-order valence-corrected chi connectivity index (χ1v) is 16.5. The van der Waals surface area contributed by atoms with Crippen LogP contribution in [0.15, 0.2) is 103 Å². The van der Waals surface area contributed by atoms with Crippen LogP contribution in [0.25, 0.3) is 0 Å². The van der Waals surface area contributed by atoms with Gasteiger partial charge in [0.1, 0.15) is 23.2 Å². The molecule has 3 aromatic rings. The van der Waals surface area contributed by atoms with Crippen LogP contribution in [-0.2, 0) is 19.1 Å². The second-order valence-electron chi connectivity index (χ2n) is 10.0. The molecule has 0 saturated heterocycles. The molecule has 0 atom stereocenters. The molecule has 40 heavy (non-hydrogen) atoms. The minimum absolute atomic E-state index is 0.0374. The molecule has 0 unspecified atom stereocenters. The van der Waals surface area contributed by atoms with Crippen LogP contribution in [0.1, 0.15) is 64.7 Å². The lowest BCUT2D eigenvalue weighted by Gasteiger charge is -2.27. The molecule has 3 aromatic carbocycles. The summed E-state index contributed by atoms with van der Waals surface area (Å²) < 4.78 is 10.4. The van der Waals surface area contributed by atoms with Gasteiger partial charge in [-0.25, -0.2) is 0 Å². The van der Waals surface area contributed by atoms with E-state index in [1.807, 2.05) is 0 Å². The third-order valence-corrected chi connectivity index (χ3v) is 12.0. The van der Waals surface area contributed by atoms with E-state index < -0.39 is 7.26 Å². The van der Waals surface area contributed by atoms with E-state index in [-0.39, 0.29) is 29.5 Å². The van der Waals surface area contributed by atoms with Gasteiger partial charge in [0.05, 0.1) is 20.4 Å². The Hall–Kier alpha value is -3.23. The molecule has 0 aliphatic rings. The first kappa shape index (κ1) is 31.3. The van der Waals surface area contributed by atoms with E-state index in [1.54, 1.807) is 6.92 Å². The molecule has 0 amide bonds. The quantitative estimate of drug-likeness (QED) is 0.0719. The molecule has 0 spiro atoms. The van der Waals surface area contributed by atoms with Gasteiger partial charge in [0.15, 0.2) is 0 Å². The Balaban J connectivity index is 1.54. The van der Waals surface area contributed by atoms with Crippen LogP contribution in [0.2, 0.25) is 0 Å². The highest BCUT2D eigenvalue weighted by Gasteiger charge is 2.44. The molecule has 4 nitrogen and oxygen atoms in total. The Morgan fingerprint density at radius 2 is 0.925 bits per heavy atom. The normalized spacial score (nSPS) is 12.0. The van der Waals surface area contributed by atoms with Crippen molar-refractivity contribution in [2.75, 3.05) is 20.4 Å². The van der Waals surface area contributed by atoms with Crippen LogP contribution in [0.4, 0.5) is 0 Å². The molecule has 0 heterocycles. The molecule has 212 valence electrons. The zero-order chi connectivity index (χ0) is 28.6. The fraction of sp³-hybridized carbons (Fsp3) is 0.371. The molecule has 0 N–H and O–H groups in total. The Morgan fingerprint density at radius 1 is 0.550 bits per heavy atom. The fourth-order valence-electron chi connectivity index (χ4n) is 5.34. The van der Waals surface area contributed by atoms with Crippen molar-refractivity contribution in [2.24, 2.45) is 0 Å². The van der Waals surface area contributed by atoms with E-state index in [1.165, 1.54) is 49.4 Å². The second kappa shape index (κ2) is 16.8. The average Bonchev–Trinajstić information content (AvgIpc) is 3.01. The van der Waals surface area contributed by atoms with Crippen molar-refractivity contribution in [3.63, 3.8) is 0 Å². The minimum atomic E-state index is -1.75. The van der Waals surface area contributed by atoms with Crippen LogP contribution in [0.5, 0.6) is 0 Å². The van der Waals surface area contributed by atoms with Gasteiger partial charge in [0.2, 0.25) is 23.1 Å². The lowest BCUT2D eigenvalue weighted by molar-refractivity contribution is -0.122. The number of Topliss-reactive ketones (excluding diaryl/α,β-unsaturated/α-hetero) is 2. The first-order valence-electron chi connectivity index (χ1n) is 14.5. The van der Waals surface area contributed by atoms with Crippen molar-refractivity contribution in [3.05, 3.63) is 103 Å². The van der Waals surface area contributed by atoms with Gasteiger partial charge < -0.3 is 9.47 Å². The van der Waals surface area contributed by atoms with Crippen molar-refractivity contribution < 1.29 is 19.1 Å². The Morgan fingerprint density at radius 3 is 1.32 bits per heavy atom. The highest BCUT2D eigenvalue weighted by molar-refractivity contribution is 7.95. The number of unbranched alkanes of at least 4 members (excludes halogenated alkanes) is 6. The number of rotatable bonds is 18. The summed E-state index contributed by atoms with van der Waals surface area (Å²) in [6.45, 7) is 1.74. The molecule has 0 bridgehead atoms. The van der Waals surface area contributed by atoms with Gasteiger partial charge in [-0.3, -0.25) is 9.59 Å². The summed E-state index contributed by atoms with van der Waals surface area (Å²) in [6.07, 6.45) is 9.39. The number of benzene rings is 3. The van der Waals surface area contributed by atoms with Crippen molar-refractivity contribution in [3.8, 4) is 0 Å². The molecule has 5 heteroatoms. The largest absolute Gasteiger partial charge is 0.490 e. The summed E-state index contributed by atoms with van der Waals surface area (Å²) in [6, 6.07) is 33.2. The SMILES string of the molecule is CCC(=O)C(OC)=C(OC)C(=O)CCCCCCCCC[P+](c1ccccc1)(c1ccccc1)c1ccccc1. The lowest BCUT2D eigenvalue weighted by atomic mass is 10.1.